The highest BCUT2D eigenvalue weighted by Crippen LogP contribution is 2.45. The van der Waals surface area contributed by atoms with Crippen LogP contribution in [0.25, 0.3) is 0 Å². The summed E-state index contributed by atoms with van der Waals surface area (Å²) < 4.78 is 43.7. The second kappa shape index (κ2) is 6.92. The SMILES string of the molecule is COc1cc(S(=O)(=O)N2C[C@@H]3COCC[C@]3(CO)C2)c(OC)cc1Cl. The highest BCUT2D eigenvalue weighted by molar-refractivity contribution is 7.89. The molecule has 0 bridgehead atoms. The first-order chi connectivity index (χ1) is 11.9. The summed E-state index contributed by atoms with van der Waals surface area (Å²) in [6.45, 7) is 1.48. The van der Waals surface area contributed by atoms with E-state index in [4.69, 9.17) is 25.8 Å². The Kier molecular flexibility index (Phi) is 5.18. The number of hydrogen-bond acceptors (Lipinski definition) is 6. The highest BCUT2D eigenvalue weighted by Gasteiger charge is 2.51. The number of fused-ring (bicyclic) bond motifs is 1. The predicted molar refractivity (Wildman–Crippen MR) is 91.8 cm³/mol. The van der Waals surface area contributed by atoms with Crippen molar-refractivity contribution in [2.24, 2.45) is 11.3 Å². The molecule has 0 saturated carbocycles. The minimum Gasteiger partial charge on any atom is -0.495 e. The van der Waals surface area contributed by atoms with Crippen molar-refractivity contribution in [2.75, 3.05) is 47.1 Å². The Bertz CT molecular complexity index is 755. The monoisotopic (exact) mass is 391 g/mol. The van der Waals surface area contributed by atoms with Gasteiger partial charge in [0, 0.05) is 43.2 Å². The maximum atomic E-state index is 13.2. The fraction of sp³-hybridized carbons (Fsp3) is 0.625. The fourth-order valence-corrected chi connectivity index (χ4v) is 5.58. The van der Waals surface area contributed by atoms with Gasteiger partial charge < -0.3 is 19.3 Å². The Hall–Kier alpha value is -1.06. The molecule has 2 aliphatic heterocycles. The Labute approximate surface area is 152 Å². The van der Waals surface area contributed by atoms with Gasteiger partial charge in [0.25, 0.3) is 0 Å². The van der Waals surface area contributed by atoms with Crippen molar-refractivity contribution in [3.05, 3.63) is 17.2 Å². The van der Waals surface area contributed by atoms with Gasteiger partial charge in [-0.05, 0) is 6.42 Å². The summed E-state index contributed by atoms with van der Waals surface area (Å²) in [6.07, 6.45) is 0.640. The minimum atomic E-state index is -3.83. The summed E-state index contributed by atoms with van der Waals surface area (Å²) in [4.78, 5) is 0.00362. The van der Waals surface area contributed by atoms with Crippen LogP contribution in [0.5, 0.6) is 11.5 Å². The topological polar surface area (TPSA) is 85.3 Å². The van der Waals surface area contributed by atoms with Gasteiger partial charge in [0.1, 0.15) is 16.4 Å². The average Bonchev–Trinajstić information content (AvgIpc) is 3.02. The lowest BCUT2D eigenvalue weighted by molar-refractivity contribution is -0.0414. The second-order valence-corrected chi connectivity index (χ2v) is 8.79. The molecule has 1 aromatic carbocycles. The molecule has 7 nitrogen and oxygen atoms in total. The van der Waals surface area contributed by atoms with Crippen molar-refractivity contribution < 1.29 is 27.7 Å². The molecule has 25 heavy (non-hydrogen) atoms. The zero-order valence-electron chi connectivity index (χ0n) is 14.2. The van der Waals surface area contributed by atoms with Gasteiger partial charge >= 0.3 is 0 Å². The number of sulfonamides is 1. The van der Waals surface area contributed by atoms with E-state index in [1.54, 1.807) is 0 Å². The van der Waals surface area contributed by atoms with Crippen LogP contribution in [0.15, 0.2) is 17.0 Å². The first-order valence-corrected chi connectivity index (χ1v) is 9.80. The summed E-state index contributed by atoms with van der Waals surface area (Å²) >= 11 is 6.07. The standard InChI is InChI=1S/C16H22ClNO6S/c1-22-13-6-15(14(23-2)5-12(13)17)25(20,21)18-7-11-8-24-4-3-16(11,9-18)10-19/h5-6,11,19H,3-4,7-10H2,1-2H3/t11-,16-/m1/s1. The first kappa shape index (κ1) is 18.7. The van der Waals surface area contributed by atoms with E-state index in [9.17, 15) is 13.5 Å². The van der Waals surface area contributed by atoms with Crippen molar-refractivity contribution in [3.8, 4) is 11.5 Å². The molecule has 2 heterocycles. The molecule has 2 atom stereocenters. The average molecular weight is 392 g/mol. The molecule has 0 aromatic heterocycles. The van der Waals surface area contributed by atoms with E-state index in [0.29, 0.717) is 26.2 Å². The normalized spacial score (nSPS) is 27.1. The maximum Gasteiger partial charge on any atom is 0.246 e. The van der Waals surface area contributed by atoms with Crippen LogP contribution in [-0.2, 0) is 14.8 Å². The molecular formula is C16H22ClNO6S. The predicted octanol–water partition coefficient (Wildman–Crippen LogP) is 1.38. The Balaban J connectivity index is 2.00. The number of aliphatic hydroxyl groups excluding tert-OH is 1. The van der Waals surface area contributed by atoms with Crippen LogP contribution in [0.4, 0.5) is 0 Å². The van der Waals surface area contributed by atoms with Gasteiger partial charge in [0.15, 0.2) is 0 Å². The Morgan fingerprint density at radius 2 is 2.08 bits per heavy atom. The van der Waals surface area contributed by atoms with Gasteiger partial charge in [-0.2, -0.15) is 4.31 Å². The minimum absolute atomic E-state index is 0.00362. The van der Waals surface area contributed by atoms with Gasteiger partial charge in [-0.3, -0.25) is 0 Å². The van der Waals surface area contributed by atoms with Crippen LogP contribution in [0, 0.1) is 11.3 Å². The molecule has 0 unspecified atom stereocenters. The van der Waals surface area contributed by atoms with Crippen LogP contribution >= 0.6 is 11.6 Å². The second-order valence-electron chi connectivity index (χ2n) is 6.48. The van der Waals surface area contributed by atoms with Crippen LogP contribution in [0.2, 0.25) is 5.02 Å². The van der Waals surface area contributed by atoms with Crippen LogP contribution in [0.1, 0.15) is 6.42 Å². The van der Waals surface area contributed by atoms with Crippen molar-refractivity contribution in [1.29, 1.82) is 0 Å². The number of nitrogens with zero attached hydrogens (tertiary/aromatic N) is 1. The van der Waals surface area contributed by atoms with Crippen molar-refractivity contribution in [1.82, 2.24) is 4.31 Å². The number of rotatable bonds is 5. The van der Waals surface area contributed by atoms with Gasteiger partial charge in [-0.1, -0.05) is 11.6 Å². The number of halogens is 1. The molecular weight excluding hydrogens is 370 g/mol. The molecule has 1 aromatic rings. The third-order valence-corrected chi connectivity index (χ3v) is 7.34. The molecule has 0 aliphatic carbocycles. The molecule has 9 heteroatoms. The van der Waals surface area contributed by atoms with E-state index in [1.807, 2.05) is 0 Å². The van der Waals surface area contributed by atoms with Crippen molar-refractivity contribution in [2.45, 2.75) is 11.3 Å². The number of benzene rings is 1. The molecule has 1 N–H and O–H groups in total. The van der Waals surface area contributed by atoms with Crippen LogP contribution in [0.3, 0.4) is 0 Å². The summed E-state index contributed by atoms with van der Waals surface area (Å²) in [5.74, 6) is 0.397. The highest BCUT2D eigenvalue weighted by atomic mass is 35.5. The van der Waals surface area contributed by atoms with E-state index < -0.39 is 15.4 Å². The Morgan fingerprint density at radius 3 is 2.68 bits per heavy atom. The number of ether oxygens (including phenoxy) is 3. The van der Waals surface area contributed by atoms with E-state index in [-0.39, 0.29) is 40.5 Å². The van der Waals surface area contributed by atoms with Gasteiger partial charge in [0.2, 0.25) is 10.0 Å². The molecule has 2 aliphatic rings. The quantitative estimate of drug-likeness (QED) is 0.816. The molecule has 0 amide bonds. The third-order valence-electron chi connectivity index (χ3n) is 5.22. The lowest BCUT2D eigenvalue weighted by Gasteiger charge is -2.36. The smallest absolute Gasteiger partial charge is 0.246 e. The summed E-state index contributed by atoms with van der Waals surface area (Å²) in [5, 5.41) is 10.2. The summed E-state index contributed by atoms with van der Waals surface area (Å²) in [6, 6.07) is 2.81. The van der Waals surface area contributed by atoms with Gasteiger partial charge in [0.05, 0.1) is 32.5 Å². The van der Waals surface area contributed by atoms with Crippen molar-refractivity contribution in [3.63, 3.8) is 0 Å². The van der Waals surface area contributed by atoms with Gasteiger partial charge in [-0.15, -0.1) is 0 Å². The largest absolute Gasteiger partial charge is 0.495 e. The number of hydrogen-bond donors (Lipinski definition) is 1. The lowest BCUT2D eigenvalue weighted by atomic mass is 9.75. The molecule has 2 fully saturated rings. The maximum absolute atomic E-state index is 13.2. The zero-order valence-corrected chi connectivity index (χ0v) is 15.8. The molecule has 0 spiro atoms. The van der Waals surface area contributed by atoms with E-state index in [2.05, 4.69) is 0 Å². The van der Waals surface area contributed by atoms with Crippen LogP contribution in [-0.4, -0.2) is 65.0 Å². The molecule has 0 radical (unpaired) electrons. The van der Waals surface area contributed by atoms with Gasteiger partial charge in [-0.25, -0.2) is 8.42 Å². The van der Waals surface area contributed by atoms with E-state index >= 15 is 0 Å². The first-order valence-electron chi connectivity index (χ1n) is 7.98. The van der Waals surface area contributed by atoms with Crippen LogP contribution < -0.4 is 9.47 Å². The molecule has 140 valence electrons. The van der Waals surface area contributed by atoms with Crippen molar-refractivity contribution >= 4 is 21.6 Å². The molecule has 3 rings (SSSR count). The Morgan fingerprint density at radius 1 is 1.36 bits per heavy atom. The zero-order chi connectivity index (χ0) is 18.2. The summed E-state index contributed by atoms with van der Waals surface area (Å²) in [7, 11) is -1.02. The molecule has 2 saturated heterocycles. The fourth-order valence-electron chi connectivity index (χ4n) is 3.61. The lowest BCUT2D eigenvalue weighted by Crippen LogP contribution is -2.41. The third kappa shape index (κ3) is 3.10. The number of methoxy groups -OCH3 is 2. The van der Waals surface area contributed by atoms with E-state index in [1.165, 1.54) is 30.7 Å². The number of aliphatic hydroxyl groups is 1. The van der Waals surface area contributed by atoms with E-state index in [0.717, 1.165) is 0 Å². The summed E-state index contributed by atoms with van der Waals surface area (Å²) in [5.41, 5.74) is -0.449.